The highest BCUT2D eigenvalue weighted by Gasteiger charge is 2.03. The van der Waals surface area contributed by atoms with Gasteiger partial charge < -0.3 is 0 Å². The van der Waals surface area contributed by atoms with Gasteiger partial charge in [-0.25, -0.2) is 5.48 Å². The zero-order valence-electron chi connectivity index (χ0n) is 7.83. The van der Waals surface area contributed by atoms with Crippen LogP contribution in [0.3, 0.4) is 0 Å². The molecule has 0 saturated heterocycles. The fourth-order valence-electron chi connectivity index (χ4n) is 0.983. The average molecular weight is 179 g/mol. The monoisotopic (exact) mass is 179 g/mol. The molecule has 0 fully saturated rings. The third-order valence-corrected chi connectivity index (χ3v) is 1.59. The van der Waals surface area contributed by atoms with Crippen molar-refractivity contribution >= 4 is 5.91 Å². The lowest BCUT2D eigenvalue weighted by atomic mass is 10.1. The molecule has 0 aliphatic rings. The first-order valence-electron chi connectivity index (χ1n) is 4.23. The van der Waals surface area contributed by atoms with Gasteiger partial charge in [-0.2, -0.15) is 0 Å². The van der Waals surface area contributed by atoms with Crippen molar-refractivity contribution in [2.45, 2.75) is 13.8 Å². The molecule has 3 nitrogen and oxygen atoms in total. The number of hydrogen-bond donors (Lipinski definition) is 1. The lowest BCUT2D eigenvalue weighted by molar-refractivity contribution is 0.0364. The first-order chi connectivity index (χ1) is 6.24. The molecule has 0 bridgehead atoms. The minimum atomic E-state index is -0.203. The standard InChI is InChI=1S/C10H13NO2/c1-3-13-11-10(12)9-6-4-5-8(2)7-9/h4-7H,3H2,1-2H3,(H,11,12). The van der Waals surface area contributed by atoms with E-state index in [0.29, 0.717) is 12.2 Å². The highest BCUT2D eigenvalue weighted by atomic mass is 16.6. The van der Waals surface area contributed by atoms with Crippen LogP contribution in [0.25, 0.3) is 0 Å². The summed E-state index contributed by atoms with van der Waals surface area (Å²) in [6.07, 6.45) is 0. The normalized spacial score (nSPS) is 9.69. The molecule has 0 aliphatic heterocycles. The Morgan fingerprint density at radius 2 is 2.31 bits per heavy atom. The molecule has 1 aromatic rings. The fraction of sp³-hybridized carbons (Fsp3) is 0.300. The van der Waals surface area contributed by atoms with E-state index >= 15 is 0 Å². The number of aryl methyl sites for hydroxylation is 1. The Morgan fingerprint density at radius 1 is 1.54 bits per heavy atom. The molecule has 1 aromatic carbocycles. The molecule has 0 radical (unpaired) electrons. The van der Waals surface area contributed by atoms with Crippen LogP contribution < -0.4 is 5.48 Å². The largest absolute Gasteiger partial charge is 0.274 e. The van der Waals surface area contributed by atoms with Crippen molar-refractivity contribution in [3.8, 4) is 0 Å². The van der Waals surface area contributed by atoms with Crippen molar-refractivity contribution in [2.24, 2.45) is 0 Å². The predicted molar refractivity (Wildman–Crippen MR) is 50.3 cm³/mol. The first-order valence-corrected chi connectivity index (χ1v) is 4.23. The van der Waals surface area contributed by atoms with Gasteiger partial charge in [0.25, 0.3) is 5.91 Å². The summed E-state index contributed by atoms with van der Waals surface area (Å²) in [7, 11) is 0. The van der Waals surface area contributed by atoms with Crippen molar-refractivity contribution in [3.05, 3.63) is 35.4 Å². The van der Waals surface area contributed by atoms with E-state index in [1.807, 2.05) is 32.0 Å². The van der Waals surface area contributed by atoms with E-state index in [1.165, 1.54) is 0 Å². The summed E-state index contributed by atoms with van der Waals surface area (Å²) in [5.41, 5.74) is 4.02. The molecule has 0 spiro atoms. The number of carbonyl (C=O) groups excluding carboxylic acids is 1. The number of nitrogens with one attached hydrogen (secondary N) is 1. The number of hydroxylamine groups is 1. The minimum Gasteiger partial charge on any atom is -0.274 e. The molecule has 0 heterocycles. The van der Waals surface area contributed by atoms with Crippen LogP contribution in [-0.4, -0.2) is 12.5 Å². The van der Waals surface area contributed by atoms with Gasteiger partial charge in [-0.15, -0.1) is 0 Å². The Morgan fingerprint density at radius 3 is 2.92 bits per heavy atom. The van der Waals surface area contributed by atoms with Crippen LogP contribution in [0.15, 0.2) is 24.3 Å². The van der Waals surface area contributed by atoms with Crippen LogP contribution >= 0.6 is 0 Å². The Bertz CT molecular complexity index is 297. The van der Waals surface area contributed by atoms with E-state index in [1.54, 1.807) is 6.07 Å². The number of amides is 1. The number of carbonyl (C=O) groups is 1. The Hall–Kier alpha value is -1.35. The van der Waals surface area contributed by atoms with Gasteiger partial charge in [0, 0.05) is 5.56 Å². The summed E-state index contributed by atoms with van der Waals surface area (Å²) in [6, 6.07) is 7.35. The molecule has 13 heavy (non-hydrogen) atoms. The van der Waals surface area contributed by atoms with Gasteiger partial charge in [0.2, 0.25) is 0 Å². The molecule has 0 saturated carbocycles. The SMILES string of the molecule is CCONC(=O)c1cccc(C)c1. The van der Waals surface area contributed by atoms with Crippen molar-refractivity contribution in [3.63, 3.8) is 0 Å². The third-order valence-electron chi connectivity index (χ3n) is 1.59. The summed E-state index contributed by atoms with van der Waals surface area (Å²) in [4.78, 5) is 16.1. The molecule has 1 N–H and O–H groups in total. The van der Waals surface area contributed by atoms with Crippen LogP contribution in [0.4, 0.5) is 0 Å². The number of hydrogen-bond acceptors (Lipinski definition) is 2. The van der Waals surface area contributed by atoms with E-state index in [9.17, 15) is 4.79 Å². The third kappa shape index (κ3) is 2.87. The topological polar surface area (TPSA) is 38.3 Å². The first kappa shape index (κ1) is 9.74. The van der Waals surface area contributed by atoms with E-state index in [2.05, 4.69) is 5.48 Å². The number of rotatable bonds is 3. The van der Waals surface area contributed by atoms with Crippen LogP contribution in [0, 0.1) is 6.92 Å². The van der Waals surface area contributed by atoms with Gasteiger partial charge in [0.1, 0.15) is 0 Å². The molecule has 70 valence electrons. The maximum absolute atomic E-state index is 11.3. The molecule has 3 heteroatoms. The van der Waals surface area contributed by atoms with Crippen molar-refractivity contribution in [1.29, 1.82) is 0 Å². The smallest absolute Gasteiger partial charge is 0.274 e. The maximum atomic E-state index is 11.3. The van der Waals surface area contributed by atoms with Crippen molar-refractivity contribution in [2.75, 3.05) is 6.61 Å². The Kier molecular flexibility index (Phi) is 3.46. The quantitative estimate of drug-likeness (QED) is 0.717. The van der Waals surface area contributed by atoms with Gasteiger partial charge >= 0.3 is 0 Å². The number of benzene rings is 1. The summed E-state index contributed by atoms with van der Waals surface area (Å²) in [6.45, 7) is 4.23. The van der Waals surface area contributed by atoms with Crippen LogP contribution in [0.1, 0.15) is 22.8 Å². The fourth-order valence-corrected chi connectivity index (χ4v) is 0.983. The van der Waals surface area contributed by atoms with Crippen LogP contribution in [0.2, 0.25) is 0 Å². The molecule has 1 amide bonds. The summed E-state index contributed by atoms with van der Waals surface area (Å²) >= 11 is 0. The predicted octanol–water partition coefficient (Wildman–Crippen LogP) is 1.68. The second kappa shape index (κ2) is 4.62. The highest BCUT2D eigenvalue weighted by molar-refractivity contribution is 5.93. The average Bonchev–Trinajstić information content (AvgIpc) is 2.14. The van der Waals surface area contributed by atoms with Crippen molar-refractivity contribution < 1.29 is 9.63 Å². The van der Waals surface area contributed by atoms with Crippen LogP contribution in [0.5, 0.6) is 0 Å². The minimum absolute atomic E-state index is 0.203. The molecule has 1 rings (SSSR count). The van der Waals surface area contributed by atoms with Crippen molar-refractivity contribution in [1.82, 2.24) is 5.48 Å². The maximum Gasteiger partial charge on any atom is 0.274 e. The van der Waals surface area contributed by atoms with Gasteiger partial charge in [-0.05, 0) is 26.0 Å². The molecule has 0 atom stereocenters. The summed E-state index contributed by atoms with van der Waals surface area (Å²) in [5, 5.41) is 0. The van der Waals surface area contributed by atoms with E-state index in [-0.39, 0.29) is 5.91 Å². The summed E-state index contributed by atoms with van der Waals surface area (Å²) < 4.78 is 0. The molecule has 0 aliphatic carbocycles. The molecular formula is C10H13NO2. The van der Waals surface area contributed by atoms with E-state index in [4.69, 9.17) is 4.84 Å². The lowest BCUT2D eigenvalue weighted by Crippen LogP contribution is -2.23. The Balaban J connectivity index is 2.66. The van der Waals surface area contributed by atoms with Gasteiger partial charge in [0.15, 0.2) is 0 Å². The highest BCUT2D eigenvalue weighted by Crippen LogP contribution is 2.03. The Labute approximate surface area is 77.7 Å². The molecule has 0 aromatic heterocycles. The zero-order valence-corrected chi connectivity index (χ0v) is 7.83. The van der Waals surface area contributed by atoms with E-state index < -0.39 is 0 Å². The molecule has 0 unspecified atom stereocenters. The lowest BCUT2D eigenvalue weighted by Gasteiger charge is -2.03. The van der Waals surface area contributed by atoms with Gasteiger partial charge in [-0.3, -0.25) is 9.63 Å². The van der Waals surface area contributed by atoms with E-state index in [0.717, 1.165) is 5.56 Å². The van der Waals surface area contributed by atoms with Gasteiger partial charge in [-0.1, -0.05) is 17.7 Å². The van der Waals surface area contributed by atoms with Gasteiger partial charge in [0.05, 0.1) is 6.61 Å². The second-order valence-corrected chi connectivity index (χ2v) is 2.73. The second-order valence-electron chi connectivity index (χ2n) is 2.73. The molecular weight excluding hydrogens is 166 g/mol. The van der Waals surface area contributed by atoms with Crippen LogP contribution in [-0.2, 0) is 4.84 Å². The zero-order chi connectivity index (χ0) is 9.68. The summed E-state index contributed by atoms with van der Waals surface area (Å²) in [5.74, 6) is -0.203.